The minimum absolute atomic E-state index is 0.0369. The van der Waals surface area contributed by atoms with Crippen molar-refractivity contribution in [3.63, 3.8) is 0 Å². The lowest BCUT2D eigenvalue weighted by atomic mass is 10.1. The maximum Gasteiger partial charge on any atom is 0.268 e. The summed E-state index contributed by atoms with van der Waals surface area (Å²) < 4.78 is 10.9. The standard InChI is InChI=1S/C19H14BrN3O3/c1-11-3-5-12(6-4-11)18-22-19(26-23-18)14(10-21)7-13-8-16(24)17(25-2)9-15(13)20/h3-9,24H,1-2H3/b14-7+. The zero-order valence-corrected chi connectivity index (χ0v) is 15.6. The van der Waals surface area contributed by atoms with Gasteiger partial charge in [0.1, 0.15) is 11.6 Å². The third-order valence-electron chi connectivity index (χ3n) is 3.68. The summed E-state index contributed by atoms with van der Waals surface area (Å²) in [5.74, 6) is 0.792. The molecule has 130 valence electrons. The van der Waals surface area contributed by atoms with Gasteiger partial charge >= 0.3 is 0 Å². The van der Waals surface area contributed by atoms with Crippen molar-refractivity contribution in [1.82, 2.24) is 10.1 Å². The van der Waals surface area contributed by atoms with Gasteiger partial charge in [0.15, 0.2) is 11.5 Å². The number of hydrogen-bond acceptors (Lipinski definition) is 6. The molecule has 0 saturated carbocycles. The normalized spacial score (nSPS) is 11.2. The van der Waals surface area contributed by atoms with Crippen LogP contribution in [0, 0.1) is 18.3 Å². The number of aromatic nitrogens is 2. The van der Waals surface area contributed by atoms with Gasteiger partial charge in [-0.25, -0.2) is 0 Å². The van der Waals surface area contributed by atoms with Crippen LogP contribution in [0.3, 0.4) is 0 Å². The van der Waals surface area contributed by atoms with E-state index in [0.717, 1.165) is 11.1 Å². The molecule has 0 saturated heterocycles. The van der Waals surface area contributed by atoms with Crippen LogP contribution in [0.15, 0.2) is 45.4 Å². The van der Waals surface area contributed by atoms with Crippen molar-refractivity contribution in [3.8, 4) is 29.0 Å². The molecule has 3 aromatic rings. The zero-order valence-electron chi connectivity index (χ0n) is 14.0. The van der Waals surface area contributed by atoms with E-state index in [2.05, 4.69) is 26.1 Å². The molecule has 1 aromatic heterocycles. The monoisotopic (exact) mass is 411 g/mol. The number of ether oxygens (including phenoxy) is 1. The number of hydrogen-bond donors (Lipinski definition) is 1. The maximum atomic E-state index is 9.94. The van der Waals surface area contributed by atoms with Gasteiger partial charge in [0.25, 0.3) is 5.89 Å². The number of benzene rings is 2. The van der Waals surface area contributed by atoms with Crippen LogP contribution in [0.5, 0.6) is 11.5 Å². The molecule has 1 heterocycles. The van der Waals surface area contributed by atoms with Crippen molar-refractivity contribution in [1.29, 1.82) is 5.26 Å². The van der Waals surface area contributed by atoms with Gasteiger partial charge in [0.05, 0.1) is 7.11 Å². The van der Waals surface area contributed by atoms with E-state index in [9.17, 15) is 10.4 Å². The average molecular weight is 412 g/mol. The van der Waals surface area contributed by atoms with E-state index in [1.807, 2.05) is 37.3 Å². The van der Waals surface area contributed by atoms with Crippen molar-refractivity contribution in [2.24, 2.45) is 0 Å². The van der Waals surface area contributed by atoms with Gasteiger partial charge in [-0.15, -0.1) is 0 Å². The fourth-order valence-electron chi connectivity index (χ4n) is 2.28. The number of phenolic OH excluding ortho intramolecular Hbond substituents is 1. The maximum absolute atomic E-state index is 9.94. The second-order valence-electron chi connectivity index (χ2n) is 5.50. The molecule has 26 heavy (non-hydrogen) atoms. The highest BCUT2D eigenvalue weighted by molar-refractivity contribution is 9.10. The van der Waals surface area contributed by atoms with Crippen LogP contribution in [0.4, 0.5) is 0 Å². The Morgan fingerprint density at radius 3 is 2.69 bits per heavy atom. The van der Waals surface area contributed by atoms with Gasteiger partial charge in [-0.3, -0.25) is 0 Å². The largest absolute Gasteiger partial charge is 0.504 e. The Morgan fingerprint density at radius 2 is 2.04 bits per heavy atom. The lowest BCUT2D eigenvalue weighted by Crippen LogP contribution is -1.88. The number of phenols is 1. The highest BCUT2D eigenvalue weighted by atomic mass is 79.9. The van der Waals surface area contributed by atoms with E-state index in [0.29, 0.717) is 21.6 Å². The smallest absolute Gasteiger partial charge is 0.268 e. The first-order valence-electron chi connectivity index (χ1n) is 7.61. The van der Waals surface area contributed by atoms with Crippen LogP contribution in [-0.4, -0.2) is 22.4 Å². The topological polar surface area (TPSA) is 92.2 Å². The molecular formula is C19H14BrN3O3. The summed E-state index contributed by atoms with van der Waals surface area (Å²) in [5.41, 5.74) is 2.68. The van der Waals surface area contributed by atoms with Crippen molar-refractivity contribution in [2.75, 3.05) is 7.11 Å². The molecule has 0 radical (unpaired) electrons. The lowest BCUT2D eigenvalue weighted by molar-refractivity contribution is 0.373. The minimum atomic E-state index is -0.0369. The van der Waals surface area contributed by atoms with Crippen LogP contribution in [-0.2, 0) is 0 Å². The van der Waals surface area contributed by atoms with E-state index >= 15 is 0 Å². The first-order chi connectivity index (χ1) is 12.5. The predicted molar refractivity (Wildman–Crippen MR) is 100 cm³/mol. The van der Waals surface area contributed by atoms with Gasteiger partial charge in [-0.1, -0.05) is 50.9 Å². The van der Waals surface area contributed by atoms with Crippen molar-refractivity contribution in [2.45, 2.75) is 6.92 Å². The minimum Gasteiger partial charge on any atom is -0.504 e. The number of rotatable bonds is 4. The Labute approximate surface area is 158 Å². The van der Waals surface area contributed by atoms with Crippen LogP contribution in [0.2, 0.25) is 0 Å². The average Bonchev–Trinajstić information content (AvgIpc) is 3.12. The quantitative estimate of drug-likeness (QED) is 0.631. The fraction of sp³-hybridized carbons (Fsp3) is 0.105. The van der Waals surface area contributed by atoms with Crippen molar-refractivity contribution < 1.29 is 14.4 Å². The molecule has 0 spiro atoms. The van der Waals surface area contributed by atoms with Gasteiger partial charge in [0.2, 0.25) is 5.82 Å². The van der Waals surface area contributed by atoms with Crippen molar-refractivity contribution >= 4 is 27.6 Å². The molecule has 3 rings (SSSR count). The Kier molecular flexibility index (Phi) is 5.05. The van der Waals surface area contributed by atoms with Crippen LogP contribution >= 0.6 is 15.9 Å². The molecule has 1 N–H and O–H groups in total. The van der Waals surface area contributed by atoms with Gasteiger partial charge in [0, 0.05) is 10.0 Å². The molecule has 0 bridgehead atoms. The molecule has 7 heteroatoms. The van der Waals surface area contributed by atoms with Crippen LogP contribution in [0.1, 0.15) is 17.0 Å². The third-order valence-corrected chi connectivity index (χ3v) is 4.37. The summed E-state index contributed by atoms with van der Waals surface area (Å²) in [4.78, 5) is 4.29. The van der Waals surface area contributed by atoms with E-state index in [4.69, 9.17) is 9.26 Å². The van der Waals surface area contributed by atoms with E-state index in [-0.39, 0.29) is 17.2 Å². The summed E-state index contributed by atoms with van der Waals surface area (Å²) in [6.45, 7) is 1.99. The van der Waals surface area contributed by atoms with Gasteiger partial charge in [-0.2, -0.15) is 10.2 Å². The fourth-order valence-corrected chi connectivity index (χ4v) is 2.72. The van der Waals surface area contributed by atoms with E-state index < -0.39 is 0 Å². The van der Waals surface area contributed by atoms with E-state index in [1.54, 1.807) is 12.1 Å². The number of nitrogens with zero attached hydrogens (tertiary/aromatic N) is 3. The zero-order chi connectivity index (χ0) is 18.7. The summed E-state index contributed by atoms with van der Waals surface area (Å²) in [6.07, 6.45) is 1.55. The molecule has 0 atom stereocenters. The van der Waals surface area contributed by atoms with Crippen LogP contribution in [0.25, 0.3) is 23.0 Å². The predicted octanol–water partition coefficient (Wildman–Crippen LogP) is 4.59. The Morgan fingerprint density at radius 1 is 1.31 bits per heavy atom. The summed E-state index contributed by atoms with van der Waals surface area (Å²) in [6, 6.07) is 12.8. The molecule has 0 aliphatic rings. The van der Waals surface area contributed by atoms with E-state index in [1.165, 1.54) is 13.2 Å². The molecule has 0 aliphatic heterocycles. The molecule has 0 aliphatic carbocycles. The SMILES string of the molecule is COc1cc(Br)c(/C=C(\C#N)c2nc(-c3ccc(C)cc3)no2)cc1O. The molecule has 0 unspecified atom stereocenters. The first kappa shape index (κ1) is 17.7. The number of halogens is 1. The first-order valence-corrected chi connectivity index (χ1v) is 8.40. The number of aromatic hydroxyl groups is 1. The number of methoxy groups -OCH3 is 1. The Bertz CT molecular complexity index is 1020. The molecule has 0 amide bonds. The molecule has 2 aromatic carbocycles. The Balaban J connectivity index is 1.97. The van der Waals surface area contributed by atoms with Crippen LogP contribution < -0.4 is 4.74 Å². The second kappa shape index (κ2) is 7.42. The van der Waals surface area contributed by atoms with Gasteiger partial charge in [-0.05, 0) is 30.7 Å². The number of nitriles is 1. The lowest BCUT2D eigenvalue weighted by Gasteiger charge is -2.06. The summed E-state index contributed by atoms with van der Waals surface area (Å²) in [7, 11) is 1.46. The summed E-state index contributed by atoms with van der Waals surface area (Å²) >= 11 is 3.39. The molecular weight excluding hydrogens is 398 g/mol. The molecule has 6 nitrogen and oxygen atoms in total. The summed E-state index contributed by atoms with van der Waals surface area (Å²) in [5, 5.41) is 23.3. The second-order valence-corrected chi connectivity index (χ2v) is 6.36. The number of allylic oxidation sites excluding steroid dienone is 1. The highest BCUT2D eigenvalue weighted by Gasteiger charge is 2.14. The Hall–Kier alpha value is -3.11. The highest BCUT2D eigenvalue weighted by Crippen LogP contribution is 2.34. The molecule has 0 fully saturated rings. The van der Waals surface area contributed by atoms with Crippen molar-refractivity contribution in [3.05, 3.63) is 57.9 Å². The third kappa shape index (κ3) is 3.60. The number of aryl methyl sites for hydroxylation is 1. The van der Waals surface area contributed by atoms with Gasteiger partial charge < -0.3 is 14.4 Å².